The molecule has 0 spiro atoms. The van der Waals surface area contributed by atoms with Gasteiger partial charge in [-0.05, 0) is 18.1 Å². The van der Waals surface area contributed by atoms with E-state index in [1.807, 2.05) is 67.6 Å². The number of hydroxylamine groups is 2. The quantitative estimate of drug-likeness (QED) is 0.826. The Morgan fingerprint density at radius 2 is 1.57 bits per heavy atom. The van der Waals surface area contributed by atoms with E-state index in [1.165, 1.54) is 5.06 Å². The molecule has 0 fully saturated rings. The molecule has 0 aromatic heterocycles. The van der Waals surface area contributed by atoms with Crippen LogP contribution < -0.4 is 5.32 Å². The van der Waals surface area contributed by atoms with E-state index in [0.29, 0.717) is 19.7 Å². The van der Waals surface area contributed by atoms with Gasteiger partial charge < -0.3 is 5.32 Å². The molecule has 0 radical (unpaired) electrons. The third-order valence-electron chi connectivity index (χ3n) is 2.95. The standard InChI is InChI=1S/C17H20N2O2/c1-2-18-17(20)19(13-15-9-5-3-6-10-15)21-14-16-11-7-4-8-12-16/h3-12H,2,13-14H2,1H3,(H,18,20). The van der Waals surface area contributed by atoms with Gasteiger partial charge in [-0.3, -0.25) is 4.84 Å². The number of hydrogen-bond donors (Lipinski definition) is 1. The van der Waals surface area contributed by atoms with E-state index >= 15 is 0 Å². The molecular formula is C17H20N2O2. The summed E-state index contributed by atoms with van der Waals surface area (Å²) in [7, 11) is 0. The van der Waals surface area contributed by atoms with Crippen LogP contribution in [0.2, 0.25) is 0 Å². The summed E-state index contributed by atoms with van der Waals surface area (Å²) in [5, 5.41) is 4.13. The smallest absolute Gasteiger partial charge is 0.336 e. The van der Waals surface area contributed by atoms with Crippen LogP contribution in [0.4, 0.5) is 4.79 Å². The monoisotopic (exact) mass is 284 g/mol. The maximum atomic E-state index is 12.1. The van der Waals surface area contributed by atoms with E-state index in [2.05, 4.69) is 5.32 Å². The first-order chi connectivity index (χ1) is 10.3. The number of benzene rings is 2. The topological polar surface area (TPSA) is 41.6 Å². The van der Waals surface area contributed by atoms with Crippen molar-refractivity contribution in [2.24, 2.45) is 0 Å². The Kier molecular flexibility index (Phi) is 5.79. The number of nitrogens with zero attached hydrogens (tertiary/aromatic N) is 1. The van der Waals surface area contributed by atoms with Crippen LogP contribution in [0.25, 0.3) is 0 Å². The van der Waals surface area contributed by atoms with Crippen molar-refractivity contribution in [1.29, 1.82) is 0 Å². The molecule has 110 valence electrons. The summed E-state index contributed by atoms with van der Waals surface area (Å²) >= 11 is 0. The van der Waals surface area contributed by atoms with Crippen molar-refractivity contribution in [1.82, 2.24) is 10.4 Å². The van der Waals surface area contributed by atoms with Gasteiger partial charge in [-0.2, -0.15) is 5.06 Å². The molecule has 4 nitrogen and oxygen atoms in total. The minimum atomic E-state index is -0.225. The van der Waals surface area contributed by atoms with Gasteiger partial charge in [-0.1, -0.05) is 60.7 Å². The van der Waals surface area contributed by atoms with Crippen LogP contribution in [-0.4, -0.2) is 17.6 Å². The van der Waals surface area contributed by atoms with Crippen molar-refractivity contribution < 1.29 is 9.63 Å². The van der Waals surface area contributed by atoms with Crippen molar-refractivity contribution >= 4 is 6.03 Å². The van der Waals surface area contributed by atoms with E-state index in [-0.39, 0.29) is 6.03 Å². The van der Waals surface area contributed by atoms with Crippen LogP contribution in [0.1, 0.15) is 18.1 Å². The Hall–Kier alpha value is -2.33. The molecule has 0 heterocycles. The molecule has 0 unspecified atom stereocenters. The lowest BCUT2D eigenvalue weighted by atomic mass is 10.2. The van der Waals surface area contributed by atoms with Crippen LogP contribution >= 0.6 is 0 Å². The Balaban J connectivity index is 2.00. The predicted octanol–water partition coefficient (Wildman–Crippen LogP) is 3.35. The van der Waals surface area contributed by atoms with Gasteiger partial charge in [0.05, 0.1) is 6.54 Å². The van der Waals surface area contributed by atoms with Gasteiger partial charge in [-0.15, -0.1) is 0 Å². The fourth-order valence-corrected chi connectivity index (χ4v) is 1.89. The van der Waals surface area contributed by atoms with Gasteiger partial charge in [0, 0.05) is 6.54 Å². The number of carbonyl (C=O) groups is 1. The summed E-state index contributed by atoms with van der Waals surface area (Å²) in [6.07, 6.45) is 0. The lowest BCUT2D eigenvalue weighted by Crippen LogP contribution is -2.39. The summed E-state index contributed by atoms with van der Waals surface area (Å²) in [4.78, 5) is 17.7. The molecular weight excluding hydrogens is 264 g/mol. The van der Waals surface area contributed by atoms with E-state index in [4.69, 9.17) is 4.84 Å². The molecule has 21 heavy (non-hydrogen) atoms. The highest BCUT2D eigenvalue weighted by Crippen LogP contribution is 2.08. The van der Waals surface area contributed by atoms with Gasteiger partial charge in [0.25, 0.3) is 0 Å². The van der Waals surface area contributed by atoms with Crippen molar-refractivity contribution in [3.05, 3.63) is 71.8 Å². The molecule has 2 amide bonds. The first-order valence-electron chi connectivity index (χ1n) is 7.05. The minimum Gasteiger partial charge on any atom is -0.336 e. The molecule has 0 saturated carbocycles. The fourth-order valence-electron chi connectivity index (χ4n) is 1.89. The maximum absolute atomic E-state index is 12.1. The second-order valence-electron chi connectivity index (χ2n) is 4.62. The molecule has 0 bridgehead atoms. The molecule has 2 rings (SSSR count). The molecule has 0 aliphatic rings. The summed E-state index contributed by atoms with van der Waals surface area (Å²) in [5.41, 5.74) is 2.05. The Morgan fingerprint density at radius 3 is 2.14 bits per heavy atom. The van der Waals surface area contributed by atoms with Gasteiger partial charge in [0.1, 0.15) is 6.61 Å². The highest BCUT2D eigenvalue weighted by molar-refractivity contribution is 5.72. The van der Waals surface area contributed by atoms with E-state index < -0.39 is 0 Å². The minimum absolute atomic E-state index is 0.225. The normalized spacial score (nSPS) is 10.1. The summed E-state index contributed by atoms with van der Waals surface area (Å²) in [6, 6.07) is 19.4. The maximum Gasteiger partial charge on any atom is 0.341 e. The van der Waals surface area contributed by atoms with Crippen LogP contribution in [0.15, 0.2) is 60.7 Å². The first-order valence-corrected chi connectivity index (χ1v) is 7.05. The second kappa shape index (κ2) is 8.07. The average molecular weight is 284 g/mol. The molecule has 2 aromatic rings. The van der Waals surface area contributed by atoms with Crippen molar-refractivity contribution in [2.75, 3.05) is 6.54 Å². The van der Waals surface area contributed by atoms with Crippen LogP contribution in [0, 0.1) is 0 Å². The van der Waals surface area contributed by atoms with E-state index in [1.54, 1.807) is 0 Å². The average Bonchev–Trinajstić information content (AvgIpc) is 2.53. The number of urea groups is 1. The number of rotatable bonds is 6. The first kappa shape index (κ1) is 15.1. The Morgan fingerprint density at radius 1 is 1.00 bits per heavy atom. The second-order valence-corrected chi connectivity index (χ2v) is 4.62. The zero-order chi connectivity index (χ0) is 14.9. The van der Waals surface area contributed by atoms with Crippen LogP contribution in [0.5, 0.6) is 0 Å². The number of hydrogen-bond acceptors (Lipinski definition) is 2. The summed E-state index contributed by atoms with van der Waals surface area (Å²) in [5.74, 6) is 0. The number of carbonyl (C=O) groups excluding carboxylic acids is 1. The molecule has 0 atom stereocenters. The van der Waals surface area contributed by atoms with Gasteiger partial charge in [-0.25, -0.2) is 4.79 Å². The zero-order valence-corrected chi connectivity index (χ0v) is 12.2. The zero-order valence-electron chi connectivity index (χ0n) is 12.2. The van der Waals surface area contributed by atoms with Crippen molar-refractivity contribution in [3.63, 3.8) is 0 Å². The fraction of sp³-hybridized carbons (Fsp3) is 0.235. The Bertz CT molecular complexity index is 543. The van der Waals surface area contributed by atoms with Crippen molar-refractivity contribution in [2.45, 2.75) is 20.1 Å². The molecule has 1 N–H and O–H groups in total. The third-order valence-corrected chi connectivity index (χ3v) is 2.95. The van der Waals surface area contributed by atoms with Crippen LogP contribution in [0.3, 0.4) is 0 Å². The van der Waals surface area contributed by atoms with Crippen LogP contribution in [-0.2, 0) is 18.0 Å². The Labute approximate surface area is 125 Å². The van der Waals surface area contributed by atoms with E-state index in [0.717, 1.165) is 11.1 Å². The SMILES string of the molecule is CCNC(=O)N(Cc1ccccc1)OCc1ccccc1. The van der Waals surface area contributed by atoms with E-state index in [9.17, 15) is 4.79 Å². The lowest BCUT2D eigenvalue weighted by molar-refractivity contribution is -0.134. The molecule has 4 heteroatoms. The summed E-state index contributed by atoms with van der Waals surface area (Å²) in [6.45, 7) is 3.24. The molecule has 0 aliphatic carbocycles. The third kappa shape index (κ3) is 4.93. The van der Waals surface area contributed by atoms with Gasteiger partial charge in [0.2, 0.25) is 0 Å². The molecule has 0 saturated heterocycles. The summed E-state index contributed by atoms with van der Waals surface area (Å²) < 4.78 is 0. The molecule has 2 aromatic carbocycles. The number of nitrogens with one attached hydrogen (secondary N) is 1. The largest absolute Gasteiger partial charge is 0.341 e. The number of amides is 2. The highest BCUT2D eigenvalue weighted by Gasteiger charge is 2.14. The van der Waals surface area contributed by atoms with Gasteiger partial charge >= 0.3 is 6.03 Å². The lowest BCUT2D eigenvalue weighted by Gasteiger charge is -2.22. The molecule has 0 aliphatic heterocycles. The van der Waals surface area contributed by atoms with Gasteiger partial charge in [0.15, 0.2) is 0 Å². The predicted molar refractivity (Wildman–Crippen MR) is 82.3 cm³/mol. The highest BCUT2D eigenvalue weighted by atomic mass is 16.7. The van der Waals surface area contributed by atoms with Crippen molar-refractivity contribution in [3.8, 4) is 0 Å².